The molecular formula is C21H24N6O3. The maximum Gasteiger partial charge on any atom is 0.289 e. The number of furan rings is 1. The number of benzene rings is 1. The number of amides is 2. The van der Waals surface area contributed by atoms with E-state index >= 15 is 0 Å². The zero-order valence-corrected chi connectivity index (χ0v) is 17.0. The summed E-state index contributed by atoms with van der Waals surface area (Å²) in [6.45, 7) is 4.96. The molecule has 0 atom stereocenters. The Hall–Kier alpha value is -3.23. The number of hydrogen-bond acceptors (Lipinski definition) is 6. The van der Waals surface area contributed by atoms with Crippen molar-refractivity contribution < 1.29 is 14.0 Å². The molecule has 30 heavy (non-hydrogen) atoms. The lowest BCUT2D eigenvalue weighted by Gasteiger charge is -2.39. The fourth-order valence-corrected chi connectivity index (χ4v) is 4.76. The van der Waals surface area contributed by atoms with Gasteiger partial charge in [0.15, 0.2) is 5.76 Å². The van der Waals surface area contributed by atoms with E-state index in [4.69, 9.17) is 4.42 Å². The zero-order valence-electron chi connectivity index (χ0n) is 17.0. The molecule has 0 bridgehead atoms. The molecule has 2 aliphatic rings. The Balaban J connectivity index is 1.23. The summed E-state index contributed by atoms with van der Waals surface area (Å²) in [6, 6.07) is 7.75. The van der Waals surface area contributed by atoms with Crippen molar-refractivity contribution in [3.63, 3.8) is 0 Å². The van der Waals surface area contributed by atoms with Crippen molar-refractivity contribution in [3.05, 3.63) is 41.9 Å². The number of likely N-dealkylation sites (tertiary alicyclic amines) is 2. The highest BCUT2D eigenvalue weighted by Crippen LogP contribution is 2.41. The fourth-order valence-electron chi connectivity index (χ4n) is 4.76. The van der Waals surface area contributed by atoms with Crippen LogP contribution in [0.4, 0.5) is 0 Å². The molecule has 0 radical (unpaired) electrons. The normalized spacial score (nSPS) is 18.4. The molecule has 0 unspecified atom stereocenters. The van der Waals surface area contributed by atoms with Gasteiger partial charge in [-0.15, -0.1) is 5.10 Å². The van der Waals surface area contributed by atoms with Gasteiger partial charge in [0.05, 0.1) is 0 Å². The third-order valence-electron chi connectivity index (χ3n) is 6.63. The molecule has 2 saturated heterocycles. The standard InChI is InChI=1S/C21H24N6O3/c1-15-16-4-2-3-5-17(16)30-19(15)20(29)26-11-8-21(13-26)6-9-25(10-7-21)18(28)12-27-14-22-23-24-27/h2-5,14H,6-13H2,1H3. The van der Waals surface area contributed by atoms with E-state index in [0.717, 1.165) is 48.9 Å². The van der Waals surface area contributed by atoms with Crippen molar-refractivity contribution >= 4 is 22.8 Å². The van der Waals surface area contributed by atoms with Crippen LogP contribution in [-0.2, 0) is 11.3 Å². The van der Waals surface area contributed by atoms with Crippen LogP contribution in [0.15, 0.2) is 35.0 Å². The van der Waals surface area contributed by atoms with Crippen LogP contribution in [-0.4, -0.2) is 68.0 Å². The van der Waals surface area contributed by atoms with E-state index in [9.17, 15) is 9.59 Å². The summed E-state index contributed by atoms with van der Waals surface area (Å²) in [6.07, 6.45) is 4.21. The highest BCUT2D eigenvalue weighted by molar-refractivity contribution is 5.99. The van der Waals surface area contributed by atoms with Gasteiger partial charge >= 0.3 is 0 Å². The lowest BCUT2D eigenvalue weighted by Crippen LogP contribution is -2.45. The predicted octanol–water partition coefficient (Wildman–Crippen LogP) is 1.88. The lowest BCUT2D eigenvalue weighted by molar-refractivity contribution is -0.134. The second-order valence-electron chi connectivity index (χ2n) is 8.42. The Morgan fingerprint density at radius 3 is 2.53 bits per heavy atom. The molecule has 9 heteroatoms. The molecule has 2 aromatic heterocycles. The molecule has 0 aliphatic carbocycles. The number of aryl methyl sites for hydroxylation is 1. The monoisotopic (exact) mass is 408 g/mol. The van der Waals surface area contributed by atoms with Crippen molar-refractivity contribution in [2.24, 2.45) is 5.41 Å². The van der Waals surface area contributed by atoms with Crippen LogP contribution < -0.4 is 0 Å². The molecule has 1 aromatic carbocycles. The predicted molar refractivity (Wildman–Crippen MR) is 108 cm³/mol. The van der Waals surface area contributed by atoms with Crippen LogP contribution in [0.1, 0.15) is 35.4 Å². The van der Waals surface area contributed by atoms with Crippen molar-refractivity contribution in [1.29, 1.82) is 0 Å². The topological polar surface area (TPSA) is 97.4 Å². The minimum absolute atomic E-state index is 0.0287. The number of nitrogens with zero attached hydrogens (tertiary/aromatic N) is 6. The molecule has 0 N–H and O–H groups in total. The molecular weight excluding hydrogens is 384 g/mol. The first kappa shape index (κ1) is 18.8. The fraction of sp³-hybridized carbons (Fsp3) is 0.476. The average Bonchev–Trinajstić information content (AvgIpc) is 3.49. The van der Waals surface area contributed by atoms with Gasteiger partial charge in [-0.2, -0.15) is 0 Å². The summed E-state index contributed by atoms with van der Waals surface area (Å²) >= 11 is 0. The third kappa shape index (κ3) is 3.24. The van der Waals surface area contributed by atoms with Crippen molar-refractivity contribution in [1.82, 2.24) is 30.0 Å². The number of hydrogen-bond donors (Lipinski definition) is 0. The van der Waals surface area contributed by atoms with E-state index in [1.807, 2.05) is 41.0 Å². The molecule has 156 valence electrons. The lowest BCUT2D eigenvalue weighted by atomic mass is 9.78. The van der Waals surface area contributed by atoms with Crippen LogP contribution in [0.3, 0.4) is 0 Å². The van der Waals surface area contributed by atoms with Crippen LogP contribution in [0.5, 0.6) is 0 Å². The van der Waals surface area contributed by atoms with Gasteiger partial charge in [0, 0.05) is 37.1 Å². The van der Waals surface area contributed by atoms with Crippen molar-refractivity contribution in [2.75, 3.05) is 26.2 Å². The van der Waals surface area contributed by atoms with Gasteiger partial charge in [0.1, 0.15) is 18.5 Å². The van der Waals surface area contributed by atoms with E-state index < -0.39 is 0 Å². The van der Waals surface area contributed by atoms with Crippen LogP contribution in [0.25, 0.3) is 11.0 Å². The molecule has 3 aromatic rings. The number of tetrazole rings is 1. The number of piperidine rings is 1. The number of aromatic nitrogens is 4. The molecule has 2 aliphatic heterocycles. The summed E-state index contributed by atoms with van der Waals surface area (Å²) < 4.78 is 7.33. The van der Waals surface area contributed by atoms with E-state index in [-0.39, 0.29) is 23.8 Å². The summed E-state index contributed by atoms with van der Waals surface area (Å²) in [7, 11) is 0. The maximum absolute atomic E-state index is 13.2. The first-order valence-corrected chi connectivity index (χ1v) is 10.3. The molecule has 2 amide bonds. The number of rotatable bonds is 3. The van der Waals surface area contributed by atoms with Crippen LogP contribution >= 0.6 is 0 Å². The number of carbonyl (C=O) groups is 2. The van der Waals surface area contributed by atoms with Gasteiger partial charge in [-0.05, 0) is 48.1 Å². The average molecular weight is 408 g/mol. The third-order valence-corrected chi connectivity index (χ3v) is 6.63. The van der Waals surface area contributed by atoms with E-state index in [0.29, 0.717) is 18.8 Å². The second-order valence-corrected chi connectivity index (χ2v) is 8.42. The molecule has 1 spiro atoms. The Morgan fingerprint density at radius 1 is 1.10 bits per heavy atom. The Morgan fingerprint density at radius 2 is 1.83 bits per heavy atom. The Labute approximate surface area is 173 Å². The van der Waals surface area contributed by atoms with Gasteiger partial charge in [-0.3, -0.25) is 9.59 Å². The SMILES string of the molecule is Cc1c(C(=O)N2CCC3(CCN(C(=O)Cn4cnnn4)CC3)C2)oc2ccccc12. The number of para-hydroxylation sites is 1. The second kappa shape index (κ2) is 7.23. The van der Waals surface area contributed by atoms with Crippen LogP contribution in [0.2, 0.25) is 0 Å². The number of fused-ring (bicyclic) bond motifs is 1. The minimum Gasteiger partial charge on any atom is -0.451 e. The molecule has 9 nitrogen and oxygen atoms in total. The molecule has 2 fully saturated rings. The summed E-state index contributed by atoms with van der Waals surface area (Å²) in [5, 5.41) is 11.9. The minimum atomic E-state index is -0.0298. The summed E-state index contributed by atoms with van der Waals surface area (Å²) in [5.41, 5.74) is 1.74. The van der Waals surface area contributed by atoms with E-state index in [1.165, 1.54) is 11.0 Å². The largest absolute Gasteiger partial charge is 0.451 e. The number of carbonyl (C=O) groups excluding carboxylic acids is 2. The molecule has 0 saturated carbocycles. The maximum atomic E-state index is 13.2. The highest BCUT2D eigenvalue weighted by Gasteiger charge is 2.43. The van der Waals surface area contributed by atoms with Crippen LogP contribution in [0, 0.1) is 12.3 Å². The molecule has 4 heterocycles. The van der Waals surface area contributed by atoms with Gasteiger partial charge in [-0.25, -0.2) is 4.68 Å². The molecule has 5 rings (SSSR count). The quantitative estimate of drug-likeness (QED) is 0.656. The van der Waals surface area contributed by atoms with Crippen molar-refractivity contribution in [2.45, 2.75) is 32.7 Å². The first-order valence-electron chi connectivity index (χ1n) is 10.3. The first-order chi connectivity index (χ1) is 14.5. The van der Waals surface area contributed by atoms with Crippen molar-refractivity contribution in [3.8, 4) is 0 Å². The smallest absolute Gasteiger partial charge is 0.289 e. The summed E-state index contributed by atoms with van der Waals surface area (Å²) in [5.74, 6) is 0.445. The van der Waals surface area contributed by atoms with Gasteiger partial charge < -0.3 is 14.2 Å². The van der Waals surface area contributed by atoms with E-state index in [1.54, 1.807) is 0 Å². The highest BCUT2D eigenvalue weighted by atomic mass is 16.3. The van der Waals surface area contributed by atoms with Gasteiger partial charge in [0.25, 0.3) is 5.91 Å². The van der Waals surface area contributed by atoms with Gasteiger partial charge in [-0.1, -0.05) is 18.2 Å². The van der Waals surface area contributed by atoms with E-state index in [2.05, 4.69) is 15.5 Å². The Bertz CT molecular complexity index is 1080. The zero-order chi connectivity index (χ0) is 20.7. The Kier molecular flexibility index (Phi) is 4.52. The summed E-state index contributed by atoms with van der Waals surface area (Å²) in [4.78, 5) is 29.4. The van der Waals surface area contributed by atoms with Gasteiger partial charge in [0.2, 0.25) is 5.91 Å².